The number of rotatable bonds is 4. The molecule has 0 fully saturated rings. The summed E-state index contributed by atoms with van der Waals surface area (Å²) in [7, 11) is 0. The molecule has 1 aromatic carbocycles. The zero-order chi connectivity index (χ0) is 12.8. The topological polar surface area (TPSA) is 55.4 Å². The van der Waals surface area contributed by atoms with Gasteiger partial charge in [-0.15, -0.1) is 0 Å². The van der Waals surface area contributed by atoms with E-state index in [4.69, 9.17) is 4.74 Å². The summed E-state index contributed by atoms with van der Waals surface area (Å²) >= 11 is 3.36. The van der Waals surface area contributed by atoms with Gasteiger partial charge in [-0.1, -0.05) is 22.0 Å². The maximum atomic E-state index is 11.5. The van der Waals surface area contributed by atoms with Gasteiger partial charge in [0.25, 0.3) is 0 Å². The zero-order valence-electron chi connectivity index (χ0n) is 9.75. The highest BCUT2D eigenvalue weighted by Gasteiger charge is 2.09. The first-order chi connectivity index (χ1) is 8.04. The van der Waals surface area contributed by atoms with Crippen LogP contribution in [0.15, 0.2) is 22.7 Å². The lowest BCUT2D eigenvalue weighted by atomic mass is 10.1. The predicted octanol–water partition coefficient (Wildman–Crippen LogP) is 2.26. The summed E-state index contributed by atoms with van der Waals surface area (Å²) in [5.74, 6) is -0.439. The van der Waals surface area contributed by atoms with Crippen molar-refractivity contribution in [3.63, 3.8) is 0 Å². The van der Waals surface area contributed by atoms with E-state index < -0.39 is 0 Å². The predicted molar refractivity (Wildman–Crippen MR) is 67.6 cm³/mol. The summed E-state index contributed by atoms with van der Waals surface area (Å²) < 4.78 is 5.67. The van der Waals surface area contributed by atoms with Crippen LogP contribution < -0.4 is 5.32 Å². The average Bonchev–Trinajstić information content (AvgIpc) is 2.27. The van der Waals surface area contributed by atoms with Crippen molar-refractivity contribution >= 4 is 27.8 Å². The third-order valence-corrected chi connectivity index (χ3v) is 2.83. The molecule has 1 rings (SSSR count). The van der Waals surface area contributed by atoms with E-state index in [1.54, 1.807) is 25.1 Å². The van der Waals surface area contributed by atoms with Gasteiger partial charge in [0.15, 0.2) is 0 Å². The summed E-state index contributed by atoms with van der Waals surface area (Å²) in [4.78, 5) is 22.2. The molecule has 0 heterocycles. The van der Waals surface area contributed by atoms with Crippen LogP contribution in [0.3, 0.4) is 0 Å². The summed E-state index contributed by atoms with van der Waals surface area (Å²) in [6.45, 7) is 4.00. The fraction of sp³-hybridized carbons (Fsp3) is 0.333. The van der Waals surface area contributed by atoms with E-state index in [0.29, 0.717) is 18.7 Å². The Morgan fingerprint density at radius 1 is 1.41 bits per heavy atom. The van der Waals surface area contributed by atoms with Crippen molar-refractivity contribution in [3.05, 3.63) is 33.8 Å². The smallest absolute Gasteiger partial charge is 0.338 e. The van der Waals surface area contributed by atoms with Crippen molar-refractivity contribution in [2.45, 2.75) is 20.4 Å². The standard InChI is InChI=1S/C12H14BrNO3/c1-3-17-12(16)9-4-5-10(11(13)6-9)7-14-8(2)15/h4-6H,3,7H2,1-2H3,(H,14,15). The van der Waals surface area contributed by atoms with E-state index in [2.05, 4.69) is 21.2 Å². The van der Waals surface area contributed by atoms with E-state index in [0.717, 1.165) is 10.0 Å². The second kappa shape index (κ2) is 6.39. The molecule has 5 heteroatoms. The molecule has 1 N–H and O–H groups in total. The highest BCUT2D eigenvalue weighted by atomic mass is 79.9. The normalized spacial score (nSPS) is 9.82. The molecule has 0 aliphatic carbocycles. The fourth-order valence-electron chi connectivity index (χ4n) is 1.25. The van der Waals surface area contributed by atoms with Crippen LogP contribution in [-0.4, -0.2) is 18.5 Å². The Balaban J connectivity index is 2.78. The first-order valence-corrected chi connectivity index (χ1v) is 6.04. The lowest BCUT2D eigenvalue weighted by Crippen LogP contribution is -2.19. The van der Waals surface area contributed by atoms with Crippen LogP contribution in [0.4, 0.5) is 0 Å². The van der Waals surface area contributed by atoms with Crippen molar-refractivity contribution in [2.24, 2.45) is 0 Å². The molecular formula is C12H14BrNO3. The number of esters is 1. The fourth-order valence-corrected chi connectivity index (χ4v) is 1.77. The highest BCUT2D eigenvalue weighted by molar-refractivity contribution is 9.10. The first-order valence-electron chi connectivity index (χ1n) is 5.24. The Labute approximate surface area is 108 Å². The van der Waals surface area contributed by atoms with E-state index in [9.17, 15) is 9.59 Å². The number of carbonyl (C=O) groups is 2. The Bertz CT molecular complexity index is 432. The summed E-state index contributed by atoms with van der Waals surface area (Å²) in [6, 6.07) is 5.15. The van der Waals surface area contributed by atoms with Crippen LogP contribution in [0, 0.1) is 0 Å². The second-order valence-electron chi connectivity index (χ2n) is 3.44. The van der Waals surface area contributed by atoms with Crippen LogP contribution in [0.25, 0.3) is 0 Å². The molecule has 0 saturated heterocycles. The molecule has 0 radical (unpaired) electrons. The van der Waals surface area contributed by atoms with Crippen molar-refractivity contribution in [3.8, 4) is 0 Å². The van der Waals surface area contributed by atoms with Gasteiger partial charge in [0.1, 0.15) is 0 Å². The lowest BCUT2D eigenvalue weighted by molar-refractivity contribution is -0.119. The van der Waals surface area contributed by atoms with E-state index >= 15 is 0 Å². The minimum absolute atomic E-state index is 0.0913. The Kier molecular flexibility index (Phi) is 5.15. The molecule has 1 amide bonds. The van der Waals surface area contributed by atoms with E-state index in [1.165, 1.54) is 6.92 Å². The van der Waals surface area contributed by atoms with Gasteiger partial charge in [-0.05, 0) is 24.6 Å². The summed E-state index contributed by atoms with van der Waals surface area (Å²) in [6.07, 6.45) is 0. The molecule has 0 atom stereocenters. The second-order valence-corrected chi connectivity index (χ2v) is 4.29. The number of ether oxygens (including phenoxy) is 1. The molecule has 0 spiro atoms. The van der Waals surface area contributed by atoms with Crippen molar-refractivity contribution < 1.29 is 14.3 Å². The molecule has 0 aliphatic rings. The van der Waals surface area contributed by atoms with Crippen molar-refractivity contribution in [1.82, 2.24) is 5.32 Å². The van der Waals surface area contributed by atoms with Crippen LogP contribution in [0.1, 0.15) is 29.8 Å². The molecule has 0 unspecified atom stereocenters. The summed E-state index contributed by atoms with van der Waals surface area (Å²) in [5, 5.41) is 2.69. The van der Waals surface area contributed by atoms with Gasteiger partial charge < -0.3 is 10.1 Å². The van der Waals surface area contributed by atoms with Gasteiger partial charge in [0.2, 0.25) is 5.91 Å². The molecule has 4 nitrogen and oxygen atoms in total. The third-order valence-electron chi connectivity index (χ3n) is 2.09. The molecular weight excluding hydrogens is 286 g/mol. The van der Waals surface area contributed by atoms with Gasteiger partial charge in [0, 0.05) is 17.9 Å². The van der Waals surface area contributed by atoms with Gasteiger partial charge >= 0.3 is 5.97 Å². The number of amides is 1. The number of halogens is 1. The number of benzene rings is 1. The molecule has 0 aliphatic heterocycles. The molecule has 92 valence electrons. The van der Waals surface area contributed by atoms with Gasteiger partial charge in [-0.3, -0.25) is 4.79 Å². The van der Waals surface area contributed by atoms with Crippen LogP contribution in [0.2, 0.25) is 0 Å². The maximum Gasteiger partial charge on any atom is 0.338 e. The molecule has 0 aromatic heterocycles. The third kappa shape index (κ3) is 4.19. The number of carbonyl (C=O) groups excluding carboxylic acids is 2. The van der Waals surface area contributed by atoms with Gasteiger partial charge in [0.05, 0.1) is 12.2 Å². The molecule has 17 heavy (non-hydrogen) atoms. The van der Waals surface area contributed by atoms with E-state index in [1.807, 2.05) is 0 Å². The SMILES string of the molecule is CCOC(=O)c1ccc(CNC(C)=O)c(Br)c1. The van der Waals surface area contributed by atoms with Gasteiger partial charge in [-0.2, -0.15) is 0 Å². The van der Waals surface area contributed by atoms with E-state index in [-0.39, 0.29) is 11.9 Å². The molecule has 0 saturated carbocycles. The largest absolute Gasteiger partial charge is 0.462 e. The minimum atomic E-state index is -0.348. The highest BCUT2D eigenvalue weighted by Crippen LogP contribution is 2.19. The quantitative estimate of drug-likeness (QED) is 0.868. The number of hydrogen-bond donors (Lipinski definition) is 1. The monoisotopic (exact) mass is 299 g/mol. The van der Waals surface area contributed by atoms with Crippen molar-refractivity contribution in [1.29, 1.82) is 0 Å². The Morgan fingerprint density at radius 2 is 2.12 bits per heavy atom. The molecule has 1 aromatic rings. The average molecular weight is 300 g/mol. The lowest BCUT2D eigenvalue weighted by Gasteiger charge is -2.07. The first kappa shape index (κ1) is 13.7. The number of hydrogen-bond acceptors (Lipinski definition) is 3. The van der Waals surface area contributed by atoms with Crippen LogP contribution in [0.5, 0.6) is 0 Å². The Hall–Kier alpha value is -1.36. The van der Waals surface area contributed by atoms with Gasteiger partial charge in [-0.25, -0.2) is 4.79 Å². The van der Waals surface area contributed by atoms with Crippen LogP contribution >= 0.6 is 15.9 Å². The zero-order valence-corrected chi connectivity index (χ0v) is 11.3. The minimum Gasteiger partial charge on any atom is -0.462 e. The molecule has 0 bridgehead atoms. The number of nitrogens with one attached hydrogen (secondary N) is 1. The maximum absolute atomic E-state index is 11.5. The van der Waals surface area contributed by atoms with Crippen molar-refractivity contribution in [2.75, 3.05) is 6.61 Å². The summed E-state index contributed by atoms with van der Waals surface area (Å²) in [5.41, 5.74) is 1.40. The Morgan fingerprint density at radius 3 is 2.65 bits per heavy atom. The van der Waals surface area contributed by atoms with Crippen LogP contribution in [-0.2, 0) is 16.1 Å².